The fourth-order valence-electron chi connectivity index (χ4n) is 2.51. The van der Waals surface area contributed by atoms with Crippen LogP contribution in [-0.2, 0) is 6.18 Å². The van der Waals surface area contributed by atoms with Crippen molar-refractivity contribution < 1.29 is 17.9 Å². The number of benzene rings is 2. The van der Waals surface area contributed by atoms with Gasteiger partial charge in [0.25, 0.3) is 0 Å². The van der Waals surface area contributed by atoms with Crippen molar-refractivity contribution in [3.8, 4) is 5.75 Å². The Morgan fingerprint density at radius 2 is 1.60 bits per heavy atom. The number of unbranched alkanes of at least 4 members (excludes halogenated alkanes) is 1. The number of rotatable bonds is 8. The molecule has 3 aromatic rings. The maximum atomic E-state index is 13.4. The summed E-state index contributed by atoms with van der Waals surface area (Å²) in [6, 6.07) is 13.3. The minimum absolute atomic E-state index is 0.0207. The molecule has 2 N–H and O–H groups in total. The molecule has 2 aromatic carbocycles. The number of hydrogen-bond acceptors (Lipinski definition) is 5. The Hall–Kier alpha value is -3.00. The van der Waals surface area contributed by atoms with Crippen molar-refractivity contribution in [1.29, 1.82) is 0 Å². The zero-order valence-corrected chi connectivity index (χ0v) is 16.9. The molecule has 5 nitrogen and oxygen atoms in total. The summed E-state index contributed by atoms with van der Waals surface area (Å²) in [5, 5.41) is 6.13. The average Bonchev–Trinajstić information content (AvgIpc) is 2.70. The molecule has 0 spiro atoms. The first-order valence-corrected chi connectivity index (χ1v) is 9.69. The standard InChI is InChI=1S/C21H20ClF3N4O/c1-2-3-12-30-17-10-8-15(9-11-17)27-19-18(21(23,24)25)13-26-20(29-19)28-16-6-4-14(22)5-7-16/h4-11,13H,2-3,12H2,1H3,(H2,26,27,28,29). The van der Waals surface area contributed by atoms with Crippen LogP contribution in [0, 0.1) is 0 Å². The third-order valence-electron chi connectivity index (χ3n) is 4.08. The molecule has 30 heavy (non-hydrogen) atoms. The smallest absolute Gasteiger partial charge is 0.421 e. The van der Waals surface area contributed by atoms with Crippen molar-refractivity contribution in [3.05, 3.63) is 65.3 Å². The molecule has 158 valence electrons. The van der Waals surface area contributed by atoms with Gasteiger partial charge < -0.3 is 15.4 Å². The maximum Gasteiger partial charge on any atom is 0.421 e. The van der Waals surface area contributed by atoms with E-state index < -0.39 is 11.7 Å². The Morgan fingerprint density at radius 1 is 0.967 bits per heavy atom. The van der Waals surface area contributed by atoms with Crippen LogP contribution in [0.15, 0.2) is 54.7 Å². The van der Waals surface area contributed by atoms with Crippen LogP contribution >= 0.6 is 11.6 Å². The van der Waals surface area contributed by atoms with Gasteiger partial charge in [-0.05, 0) is 55.0 Å². The van der Waals surface area contributed by atoms with Crippen LogP contribution in [0.5, 0.6) is 5.75 Å². The van der Waals surface area contributed by atoms with Gasteiger partial charge in [0, 0.05) is 22.6 Å². The zero-order valence-electron chi connectivity index (χ0n) is 16.1. The summed E-state index contributed by atoms with van der Waals surface area (Å²) in [5.41, 5.74) is 0.0746. The number of aromatic nitrogens is 2. The summed E-state index contributed by atoms with van der Waals surface area (Å²) in [6.45, 7) is 2.65. The number of hydrogen-bond donors (Lipinski definition) is 2. The first-order chi connectivity index (χ1) is 14.3. The molecule has 1 aromatic heterocycles. The molecule has 0 bridgehead atoms. The minimum atomic E-state index is -4.61. The van der Waals surface area contributed by atoms with Gasteiger partial charge in [0.15, 0.2) is 0 Å². The topological polar surface area (TPSA) is 59.1 Å². The molecule has 0 amide bonds. The van der Waals surface area contributed by atoms with Gasteiger partial charge in [-0.2, -0.15) is 18.2 Å². The largest absolute Gasteiger partial charge is 0.494 e. The predicted molar refractivity (Wildman–Crippen MR) is 112 cm³/mol. The van der Waals surface area contributed by atoms with Gasteiger partial charge >= 0.3 is 6.18 Å². The maximum absolute atomic E-state index is 13.4. The number of ether oxygens (including phenoxy) is 1. The fourth-order valence-corrected chi connectivity index (χ4v) is 2.64. The second-order valence-corrected chi connectivity index (χ2v) is 6.87. The second kappa shape index (κ2) is 9.67. The molecule has 0 saturated heterocycles. The lowest BCUT2D eigenvalue weighted by Crippen LogP contribution is -2.12. The van der Waals surface area contributed by atoms with Crippen molar-refractivity contribution in [1.82, 2.24) is 9.97 Å². The highest BCUT2D eigenvalue weighted by atomic mass is 35.5. The lowest BCUT2D eigenvalue weighted by molar-refractivity contribution is -0.137. The predicted octanol–water partition coefficient (Wildman–Crippen LogP) is 6.81. The van der Waals surface area contributed by atoms with E-state index in [1.54, 1.807) is 48.5 Å². The molecule has 3 rings (SSSR count). The summed E-state index contributed by atoms with van der Waals surface area (Å²) >= 11 is 5.84. The Balaban J connectivity index is 1.81. The van der Waals surface area contributed by atoms with E-state index in [1.165, 1.54) is 0 Å². The van der Waals surface area contributed by atoms with Crippen LogP contribution in [0.4, 0.5) is 36.3 Å². The van der Waals surface area contributed by atoms with Crippen LogP contribution in [0.3, 0.4) is 0 Å². The molecule has 0 fully saturated rings. The highest BCUT2D eigenvalue weighted by molar-refractivity contribution is 6.30. The highest BCUT2D eigenvalue weighted by Gasteiger charge is 2.35. The van der Waals surface area contributed by atoms with Crippen LogP contribution < -0.4 is 15.4 Å². The van der Waals surface area contributed by atoms with E-state index >= 15 is 0 Å². The summed E-state index contributed by atoms with van der Waals surface area (Å²) in [5.74, 6) is 0.318. The van der Waals surface area contributed by atoms with Crippen molar-refractivity contribution in [2.24, 2.45) is 0 Å². The van der Waals surface area contributed by atoms with E-state index in [1.807, 2.05) is 0 Å². The molecular formula is C21H20ClF3N4O. The lowest BCUT2D eigenvalue weighted by Gasteiger charge is -2.15. The third-order valence-corrected chi connectivity index (χ3v) is 4.33. The van der Waals surface area contributed by atoms with Crippen molar-refractivity contribution in [2.45, 2.75) is 25.9 Å². The van der Waals surface area contributed by atoms with Crippen molar-refractivity contribution in [3.63, 3.8) is 0 Å². The monoisotopic (exact) mass is 436 g/mol. The average molecular weight is 437 g/mol. The summed E-state index contributed by atoms with van der Waals surface area (Å²) in [6.07, 6.45) is -1.92. The second-order valence-electron chi connectivity index (χ2n) is 6.44. The molecule has 0 unspecified atom stereocenters. The number of nitrogens with zero attached hydrogens (tertiary/aromatic N) is 2. The van der Waals surface area contributed by atoms with E-state index in [4.69, 9.17) is 16.3 Å². The molecule has 0 radical (unpaired) electrons. The molecule has 9 heteroatoms. The highest BCUT2D eigenvalue weighted by Crippen LogP contribution is 2.35. The number of halogens is 4. The van der Waals surface area contributed by atoms with Crippen molar-refractivity contribution >= 4 is 34.7 Å². The van der Waals surface area contributed by atoms with Crippen LogP contribution in [0.25, 0.3) is 0 Å². The molecule has 1 heterocycles. The molecule has 0 aliphatic carbocycles. The molecule has 0 atom stereocenters. The molecule has 0 aliphatic rings. The van der Waals surface area contributed by atoms with E-state index in [9.17, 15) is 13.2 Å². The van der Waals surface area contributed by atoms with Crippen LogP contribution in [-0.4, -0.2) is 16.6 Å². The van der Waals surface area contributed by atoms with Crippen LogP contribution in [0.2, 0.25) is 5.02 Å². The van der Waals surface area contributed by atoms with Crippen LogP contribution in [0.1, 0.15) is 25.3 Å². The summed E-state index contributed by atoms with van der Waals surface area (Å²) in [7, 11) is 0. The van der Waals surface area contributed by atoms with E-state index in [-0.39, 0.29) is 11.8 Å². The van der Waals surface area contributed by atoms with Gasteiger partial charge in [0.2, 0.25) is 5.95 Å². The Morgan fingerprint density at radius 3 is 2.23 bits per heavy atom. The zero-order chi connectivity index (χ0) is 21.6. The fraction of sp³-hybridized carbons (Fsp3) is 0.238. The quantitative estimate of drug-likeness (QED) is 0.379. The number of nitrogens with one attached hydrogen (secondary N) is 2. The number of anilines is 4. The van der Waals surface area contributed by atoms with Gasteiger partial charge in [-0.3, -0.25) is 0 Å². The van der Waals surface area contributed by atoms with E-state index in [0.29, 0.717) is 28.8 Å². The Bertz CT molecular complexity index is 963. The van der Waals surface area contributed by atoms with E-state index in [0.717, 1.165) is 19.0 Å². The normalized spacial score (nSPS) is 11.2. The Kier molecular flexibility index (Phi) is 6.99. The summed E-state index contributed by atoms with van der Waals surface area (Å²) in [4.78, 5) is 7.80. The lowest BCUT2D eigenvalue weighted by atomic mass is 10.2. The van der Waals surface area contributed by atoms with Gasteiger partial charge in [0.1, 0.15) is 17.1 Å². The molecular weight excluding hydrogens is 417 g/mol. The third kappa shape index (κ3) is 6.00. The first-order valence-electron chi connectivity index (χ1n) is 9.32. The van der Waals surface area contributed by atoms with E-state index in [2.05, 4.69) is 27.5 Å². The van der Waals surface area contributed by atoms with Gasteiger partial charge in [-0.1, -0.05) is 24.9 Å². The van der Waals surface area contributed by atoms with Crippen molar-refractivity contribution in [2.75, 3.05) is 17.2 Å². The Labute approximate surface area is 177 Å². The van der Waals surface area contributed by atoms with Gasteiger partial charge in [0.05, 0.1) is 6.61 Å². The van der Waals surface area contributed by atoms with Gasteiger partial charge in [-0.25, -0.2) is 4.98 Å². The van der Waals surface area contributed by atoms with Gasteiger partial charge in [-0.15, -0.1) is 0 Å². The first kappa shape index (κ1) is 21.7. The molecule has 0 saturated carbocycles. The SMILES string of the molecule is CCCCOc1ccc(Nc2nc(Nc3ccc(Cl)cc3)ncc2C(F)(F)F)cc1. The minimum Gasteiger partial charge on any atom is -0.494 e. The summed E-state index contributed by atoms with van der Waals surface area (Å²) < 4.78 is 45.8. The molecule has 0 aliphatic heterocycles. The number of alkyl halides is 3.